The van der Waals surface area contributed by atoms with Crippen LogP contribution in [0.15, 0.2) is 65.7 Å². The minimum Gasteiger partial charge on any atom is -0.356 e. The lowest BCUT2D eigenvalue weighted by Crippen LogP contribution is -2.49. The Labute approximate surface area is 195 Å². The highest BCUT2D eigenvalue weighted by atomic mass is 16.2. The van der Waals surface area contributed by atoms with Gasteiger partial charge in [0.25, 0.3) is 5.91 Å². The first-order valence-corrected chi connectivity index (χ1v) is 11.6. The summed E-state index contributed by atoms with van der Waals surface area (Å²) in [6.07, 6.45) is 3.27. The maximum absolute atomic E-state index is 12.6. The zero-order chi connectivity index (χ0) is 23.0. The predicted molar refractivity (Wildman–Crippen MR) is 131 cm³/mol. The van der Waals surface area contributed by atoms with Gasteiger partial charge in [0.2, 0.25) is 5.91 Å². The van der Waals surface area contributed by atoms with Crippen molar-refractivity contribution in [3.05, 3.63) is 77.4 Å². The molecule has 33 heavy (non-hydrogen) atoms. The largest absolute Gasteiger partial charge is 0.356 e. The highest BCUT2D eigenvalue weighted by Crippen LogP contribution is 2.22. The van der Waals surface area contributed by atoms with Gasteiger partial charge in [-0.2, -0.15) is 0 Å². The summed E-state index contributed by atoms with van der Waals surface area (Å²) >= 11 is 0. The van der Waals surface area contributed by atoms with E-state index in [0.29, 0.717) is 25.2 Å². The Balaban J connectivity index is 1.38. The van der Waals surface area contributed by atoms with Gasteiger partial charge in [-0.3, -0.25) is 9.59 Å². The third kappa shape index (κ3) is 5.80. The molecular weight excluding hydrogens is 414 g/mol. The van der Waals surface area contributed by atoms with Crippen LogP contribution in [0.25, 0.3) is 5.57 Å². The first kappa shape index (κ1) is 22.6. The van der Waals surface area contributed by atoms with Gasteiger partial charge in [-0.1, -0.05) is 48.5 Å². The summed E-state index contributed by atoms with van der Waals surface area (Å²) in [5, 5.41) is 6.14. The number of benzene rings is 2. The molecule has 2 aliphatic heterocycles. The third-order valence-electron chi connectivity index (χ3n) is 5.93. The number of amides is 2. The van der Waals surface area contributed by atoms with Crippen LogP contribution >= 0.6 is 0 Å². The average molecular weight is 446 g/mol. The molecule has 0 aromatic heterocycles. The summed E-state index contributed by atoms with van der Waals surface area (Å²) in [5.74, 6) is 0.683. The number of aliphatic imine (C=N–C) groups is 1. The molecule has 172 valence electrons. The smallest absolute Gasteiger partial charge is 0.254 e. The van der Waals surface area contributed by atoms with Crippen molar-refractivity contribution < 1.29 is 9.59 Å². The molecule has 2 amide bonds. The lowest BCUT2D eigenvalue weighted by molar-refractivity contribution is -0.123. The van der Waals surface area contributed by atoms with Gasteiger partial charge in [0, 0.05) is 38.3 Å². The van der Waals surface area contributed by atoms with Crippen molar-refractivity contribution in [1.82, 2.24) is 20.4 Å². The highest BCUT2D eigenvalue weighted by molar-refractivity contribution is 5.97. The summed E-state index contributed by atoms with van der Waals surface area (Å²) in [5.41, 5.74) is 4.31. The van der Waals surface area contributed by atoms with E-state index in [1.807, 2.05) is 30.3 Å². The van der Waals surface area contributed by atoms with E-state index in [1.165, 1.54) is 11.1 Å². The molecule has 0 atom stereocenters. The summed E-state index contributed by atoms with van der Waals surface area (Å²) in [6, 6.07) is 18.0. The number of guanidine groups is 1. The number of nitrogens with one attached hydrogen (secondary N) is 2. The van der Waals surface area contributed by atoms with Crippen LogP contribution in [-0.4, -0.2) is 66.8 Å². The fourth-order valence-corrected chi connectivity index (χ4v) is 4.12. The van der Waals surface area contributed by atoms with E-state index in [4.69, 9.17) is 4.99 Å². The van der Waals surface area contributed by atoms with E-state index in [2.05, 4.69) is 52.8 Å². The van der Waals surface area contributed by atoms with Gasteiger partial charge < -0.3 is 20.4 Å². The molecule has 0 spiro atoms. The van der Waals surface area contributed by atoms with Gasteiger partial charge in [0.05, 0.1) is 13.1 Å². The van der Waals surface area contributed by atoms with Crippen LogP contribution < -0.4 is 10.6 Å². The molecule has 0 unspecified atom stereocenters. The second-order valence-electron chi connectivity index (χ2n) is 8.24. The molecule has 7 heteroatoms. The summed E-state index contributed by atoms with van der Waals surface area (Å²) < 4.78 is 0. The van der Waals surface area contributed by atoms with Gasteiger partial charge in [0.15, 0.2) is 5.96 Å². The zero-order valence-corrected chi connectivity index (χ0v) is 19.1. The van der Waals surface area contributed by atoms with Crippen LogP contribution in [0.5, 0.6) is 0 Å². The number of rotatable bonds is 5. The standard InChI is InChI=1S/C26H31N5O2/c1-2-27-26(30-15-12-22(13-16-30)21-6-4-3-5-7-21)29-18-20-8-10-23(11-9-20)25(33)31-17-14-28-24(32)19-31/h3-12H,2,13-19H2,1H3,(H,27,29)(H,28,32). The third-order valence-corrected chi connectivity index (χ3v) is 5.93. The van der Waals surface area contributed by atoms with Gasteiger partial charge in [0.1, 0.15) is 0 Å². The van der Waals surface area contributed by atoms with Crippen molar-refractivity contribution in [2.75, 3.05) is 39.3 Å². The Morgan fingerprint density at radius 1 is 1.06 bits per heavy atom. The molecular formula is C26H31N5O2. The first-order chi connectivity index (χ1) is 16.1. The Hall–Kier alpha value is -3.61. The maximum Gasteiger partial charge on any atom is 0.254 e. The van der Waals surface area contributed by atoms with E-state index in [-0.39, 0.29) is 18.4 Å². The maximum atomic E-state index is 12.6. The molecule has 4 rings (SSSR count). The Kier molecular flexibility index (Phi) is 7.40. The lowest BCUT2D eigenvalue weighted by Gasteiger charge is -2.30. The average Bonchev–Trinajstić information content (AvgIpc) is 2.87. The summed E-state index contributed by atoms with van der Waals surface area (Å²) in [7, 11) is 0. The number of piperazine rings is 1. The van der Waals surface area contributed by atoms with Crippen molar-refractivity contribution in [2.24, 2.45) is 4.99 Å². The van der Waals surface area contributed by atoms with E-state index in [1.54, 1.807) is 4.90 Å². The lowest BCUT2D eigenvalue weighted by atomic mass is 10.00. The molecule has 1 fully saturated rings. The van der Waals surface area contributed by atoms with Crippen molar-refractivity contribution in [1.29, 1.82) is 0 Å². The molecule has 7 nitrogen and oxygen atoms in total. The normalized spacial score (nSPS) is 16.8. The minimum absolute atomic E-state index is 0.109. The molecule has 0 aliphatic carbocycles. The van der Waals surface area contributed by atoms with E-state index in [9.17, 15) is 9.59 Å². The first-order valence-electron chi connectivity index (χ1n) is 11.6. The van der Waals surface area contributed by atoms with Crippen LogP contribution in [0.4, 0.5) is 0 Å². The molecule has 2 N–H and O–H groups in total. The quantitative estimate of drug-likeness (QED) is 0.548. The fraction of sp³-hybridized carbons (Fsp3) is 0.346. The molecule has 2 aromatic rings. The van der Waals surface area contributed by atoms with Crippen LogP contribution in [0.2, 0.25) is 0 Å². The fourth-order valence-electron chi connectivity index (χ4n) is 4.12. The predicted octanol–water partition coefficient (Wildman–Crippen LogP) is 2.51. The second kappa shape index (κ2) is 10.8. The molecule has 0 bridgehead atoms. The van der Waals surface area contributed by atoms with Crippen LogP contribution in [0, 0.1) is 0 Å². The number of nitrogens with zero attached hydrogens (tertiary/aromatic N) is 3. The number of hydrogen-bond donors (Lipinski definition) is 2. The van der Waals surface area contributed by atoms with Gasteiger partial charge in [-0.15, -0.1) is 0 Å². The number of carbonyl (C=O) groups excluding carboxylic acids is 2. The summed E-state index contributed by atoms with van der Waals surface area (Å²) in [4.78, 5) is 32.9. The van der Waals surface area contributed by atoms with Gasteiger partial charge >= 0.3 is 0 Å². The van der Waals surface area contributed by atoms with Crippen LogP contribution in [-0.2, 0) is 11.3 Å². The van der Waals surface area contributed by atoms with Crippen molar-refractivity contribution in [3.63, 3.8) is 0 Å². The molecule has 2 heterocycles. The van der Waals surface area contributed by atoms with Gasteiger partial charge in [-0.05, 0) is 42.2 Å². The summed E-state index contributed by atoms with van der Waals surface area (Å²) in [6.45, 7) is 6.33. The zero-order valence-electron chi connectivity index (χ0n) is 19.1. The molecule has 0 saturated carbocycles. The Morgan fingerprint density at radius 2 is 1.85 bits per heavy atom. The van der Waals surface area contributed by atoms with Crippen molar-refractivity contribution in [3.8, 4) is 0 Å². The van der Waals surface area contributed by atoms with Crippen LogP contribution in [0.1, 0.15) is 34.8 Å². The Morgan fingerprint density at radius 3 is 2.52 bits per heavy atom. The van der Waals surface area contributed by atoms with Crippen molar-refractivity contribution in [2.45, 2.75) is 19.9 Å². The second-order valence-corrected chi connectivity index (χ2v) is 8.24. The SMILES string of the molecule is CCNC(=NCc1ccc(C(=O)N2CCNC(=O)C2)cc1)N1CC=C(c2ccccc2)CC1. The Bertz CT molecular complexity index is 1030. The van der Waals surface area contributed by atoms with Gasteiger partial charge in [-0.25, -0.2) is 4.99 Å². The highest BCUT2D eigenvalue weighted by Gasteiger charge is 2.22. The van der Waals surface area contributed by atoms with E-state index in [0.717, 1.165) is 37.6 Å². The monoisotopic (exact) mass is 445 g/mol. The molecule has 1 saturated heterocycles. The molecule has 2 aliphatic rings. The number of hydrogen-bond acceptors (Lipinski definition) is 3. The minimum atomic E-state index is -0.111. The molecule has 2 aromatic carbocycles. The van der Waals surface area contributed by atoms with Crippen molar-refractivity contribution >= 4 is 23.3 Å². The molecule has 0 radical (unpaired) electrons. The topological polar surface area (TPSA) is 77.0 Å². The van der Waals surface area contributed by atoms with E-state index < -0.39 is 0 Å². The van der Waals surface area contributed by atoms with Crippen LogP contribution in [0.3, 0.4) is 0 Å². The van der Waals surface area contributed by atoms with E-state index >= 15 is 0 Å². The number of carbonyl (C=O) groups is 2.